The molecule has 2 heterocycles. The molecule has 0 unspecified atom stereocenters. The van der Waals surface area contributed by atoms with Gasteiger partial charge in [0.15, 0.2) is 0 Å². The molecule has 0 radical (unpaired) electrons. The zero-order valence-corrected chi connectivity index (χ0v) is 13.1. The summed E-state index contributed by atoms with van der Waals surface area (Å²) in [5, 5.41) is 3.25. The standard InChI is InChI=1S/C16H24N2OS/c1-12-4-2-5-13(10-12)16(19)18-8-3-6-14(11-18)15-17-7-9-20-15/h7,9,12-14H,2-6,8,10-11H2,1H3/t12-,13-,14+/m1/s1. The summed E-state index contributed by atoms with van der Waals surface area (Å²) in [4.78, 5) is 19.3. The molecule has 4 heteroatoms. The van der Waals surface area contributed by atoms with Crippen molar-refractivity contribution in [1.29, 1.82) is 0 Å². The quantitative estimate of drug-likeness (QED) is 0.833. The average Bonchev–Trinajstić information content (AvgIpc) is 3.01. The summed E-state index contributed by atoms with van der Waals surface area (Å²) in [5.74, 6) is 1.89. The van der Waals surface area contributed by atoms with Crippen LogP contribution in [0.1, 0.15) is 56.4 Å². The van der Waals surface area contributed by atoms with E-state index in [1.54, 1.807) is 11.3 Å². The van der Waals surface area contributed by atoms with Gasteiger partial charge in [0, 0.05) is 36.5 Å². The van der Waals surface area contributed by atoms with Crippen LogP contribution in [-0.2, 0) is 4.79 Å². The lowest BCUT2D eigenvalue weighted by molar-refractivity contribution is -0.138. The fourth-order valence-electron chi connectivity index (χ4n) is 3.73. The molecule has 1 saturated heterocycles. The molecule has 1 saturated carbocycles. The minimum absolute atomic E-state index is 0.286. The van der Waals surface area contributed by atoms with Crippen molar-refractivity contribution in [3.05, 3.63) is 16.6 Å². The van der Waals surface area contributed by atoms with Gasteiger partial charge in [-0.3, -0.25) is 4.79 Å². The SMILES string of the molecule is C[C@@H]1CCC[C@@H](C(=O)N2CCC[C@H](c3nccs3)C2)C1. The minimum Gasteiger partial charge on any atom is -0.342 e. The van der Waals surface area contributed by atoms with E-state index < -0.39 is 0 Å². The molecular weight excluding hydrogens is 268 g/mol. The van der Waals surface area contributed by atoms with Crippen LogP contribution in [0.5, 0.6) is 0 Å². The van der Waals surface area contributed by atoms with Crippen LogP contribution in [0.15, 0.2) is 11.6 Å². The van der Waals surface area contributed by atoms with Crippen LogP contribution in [0.3, 0.4) is 0 Å². The van der Waals surface area contributed by atoms with Crippen molar-refractivity contribution >= 4 is 17.2 Å². The van der Waals surface area contributed by atoms with Crippen molar-refractivity contribution < 1.29 is 4.79 Å². The Balaban J connectivity index is 1.63. The van der Waals surface area contributed by atoms with E-state index in [9.17, 15) is 4.79 Å². The first-order valence-corrected chi connectivity index (χ1v) is 8.80. The Hall–Kier alpha value is -0.900. The molecule has 1 amide bonds. The van der Waals surface area contributed by atoms with Crippen LogP contribution in [0, 0.1) is 11.8 Å². The van der Waals surface area contributed by atoms with Gasteiger partial charge < -0.3 is 4.90 Å². The number of carbonyl (C=O) groups is 1. The number of piperidine rings is 1. The number of hydrogen-bond acceptors (Lipinski definition) is 3. The number of hydrogen-bond donors (Lipinski definition) is 0. The highest BCUT2D eigenvalue weighted by molar-refractivity contribution is 7.09. The molecule has 1 aromatic heterocycles. The molecule has 2 fully saturated rings. The van der Waals surface area contributed by atoms with E-state index in [1.807, 2.05) is 11.6 Å². The maximum Gasteiger partial charge on any atom is 0.225 e. The number of carbonyl (C=O) groups excluding carboxylic acids is 1. The summed E-state index contributed by atoms with van der Waals surface area (Å²) in [6.07, 6.45) is 8.89. The molecule has 0 aromatic carbocycles. The van der Waals surface area contributed by atoms with Gasteiger partial charge in [-0.05, 0) is 31.6 Å². The zero-order valence-electron chi connectivity index (χ0n) is 12.3. The van der Waals surface area contributed by atoms with E-state index >= 15 is 0 Å². The summed E-state index contributed by atoms with van der Waals surface area (Å²) >= 11 is 1.73. The summed E-state index contributed by atoms with van der Waals surface area (Å²) in [7, 11) is 0. The third kappa shape index (κ3) is 3.05. The number of aromatic nitrogens is 1. The van der Waals surface area contributed by atoms with Crippen LogP contribution in [0.2, 0.25) is 0 Å². The van der Waals surface area contributed by atoms with Crippen molar-refractivity contribution in [3.63, 3.8) is 0 Å². The molecule has 3 atom stereocenters. The Morgan fingerprint density at radius 2 is 2.25 bits per heavy atom. The Morgan fingerprint density at radius 1 is 1.35 bits per heavy atom. The molecule has 0 N–H and O–H groups in total. The van der Waals surface area contributed by atoms with Gasteiger partial charge in [0.25, 0.3) is 0 Å². The highest BCUT2D eigenvalue weighted by Gasteiger charge is 2.32. The number of likely N-dealkylation sites (tertiary alicyclic amines) is 1. The van der Waals surface area contributed by atoms with Gasteiger partial charge in [0.05, 0.1) is 5.01 Å². The lowest BCUT2D eigenvalue weighted by atomic mass is 9.81. The maximum atomic E-state index is 12.7. The van der Waals surface area contributed by atoms with E-state index in [-0.39, 0.29) is 5.92 Å². The number of rotatable bonds is 2. The highest BCUT2D eigenvalue weighted by Crippen LogP contribution is 2.33. The molecule has 0 spiro atoms. The Labute approximate surface area is 125 Å². The van der Waals surface area contributed by atoms with E-state index in [0.717, 1.165) is 38.3 Å². The van der Waals surface area contributed by atoms with Gasteiger partial charge in [0.1, 0.15) is 0 Å². The smallest absolute Gasteiger partial charge is 0.225 e. The molecule has 110 valence electrons. The van der Waals surface area contributed by atoms with E-state index in [0.29, 0.717) is 11.8 Å². The normalized spacial score (nSPS) is 31.2. The largest absolute Gasteiger partial charge is 0.342 e. The van der Waals surface area contributed by atoms with Crippen molar-refractivity contribution in [2.75, 3.05) is 13.1 Å². The van der Waals surface area contributed by atoms with E-state index in [1.165, 1.54) is 24.3 Å². The molecular formula is C16H24N2OS. The number of thiazole rings is 1. The molecule has 1 aromatic rings. The second-order valence-electron chi connectivity index (χ2n) is 6.46. The maximum absolute atomic E-state index is 12.7. The zero-order chi connectivity index (χ0) is 13.9. The molecule has 3 nitrogen and oxygen atoms in total. The predicted molar refractivity (Wildman–Crippen MR) is 81.8 cm³/mol. The van der Waals surface area contributed by atoms with Gasteiger partial charge in [-0.15, -0.1) is 11.3 Å². The van der Waals surface area contributed by atoms with Crippen LogP contribution in [0.4, 0.5) is 0 Å². The van der Waals surface area contributed by atoms with Gasteiger partial charge in [0.2, 0.25) is 5.91 Å². The number of amides is 1. The second kappa shape index (κ2) is 6.25. The fraction of sp³-hybridized carbons (Fsp3) is 0.750. The third-order valence-corrected chi connectivity index (χ3v) is 5.76. The molecule has 1 aliphatic carbocycles. The second-order valence-corrected chi connectivity index (χ2v) is 7.39. The molecule has 0 bridgehead atoms. The summed E-state index contributed by atoms with van der Waals surface area (Å²) < 4.78 is 0. The van der Waals surface area contributed by atoms with Gasteiger partial charge in [-0.1, -0.05) is 19.8 Å². The first-order chi connectivity index (χ1) is 9.74. The van der Waals surface area contributed by atoms with Crippen LogP contribution in [-0.4, -0.2) is 28.9 Å². The first kappa shape index (κ1) is 14.1. The Bertz CT molecular complexity index is 445. The summed E-state index contributed by atoms with van der Waals surface area (Å²) in [5.41, 5.74) is 0. The minimum atomic E-state index is 0.286. The molecule has 1 aliphatic heterocycles. The fourth-order valence-corrected chi connectivity index (χ4v) is 4.50. The molecule has 20 heavy (non-hydrogen) atoms. The van der Waals surface area contributed by atoms with Crippen LogP contribution in [0.25, 0.3) is 0 Å². The molecule has 3 rings (SSSR count). The van der Waals surface area contributed by atoms with Crippen molar-refractivity contribution in [2.45, 2.75) is 51.4 Å². The van der Waals surface area contributed by atoms with Gasteiger partial charge >= 0.3 is 0 Å². The Kier molecular flexibility index (Phi) is 4.39. The summed E-state index contributed by atoms with van der Waals surface area (Å²) in [6.45, 7) is 4.12. The Morgan fingerprint density at radius 3 is 3.00 bits per heavy atom. The van der Waals surface area contributed by atoms with Gasteiger partial charge in [-0.25, -0.2) is 4.98 Å². The monoisotopic (exact) mass is 292 g/mol. The number of nitrogens with zero attached hydrogens (tertiary/aromatic N) is 2. The van der Waals surface area contributed by atoms with Crippen LogP contribution >= 0.6 is 11.3 Å². The third-order valence-electron chi connectivity index (χ3n) is 4.82. The van der Waals surface area contributed by atoms with Crippen LogP contribution < -0.4 is 0 Å². The molecule has 2 aliphatic rings. The highest BCUT2D eigenvalue weighted by atomic mass is 32.1. The van der Waals surface area contributed by atoms with E-state index in [2.05, 4.69) is 16.8 Å². The van der Waals surface area contributed by atoms with Crippen molar-refractivity contribution in [1.82, 2.24) is 9.88 Å². The predicted octanol–water partition coefficient (Wildman–Crippen LogP) is 3.68. The lowest BCUT2D eigenvalue weighted by Gasteiger charge is -2.36. The van der Waals surface area contributed by atoms with Crippen molar-refractivity contribution in [3.8, 4) is 0 Å². The lowest BCUT2D eigenvalue weighted by Crippen LogP contribution is -2.43. The topological polar surface area (TPSA) is 33.2 Å². The van der Waals surface area contributed by atoms with E-state index in [4.69, 9.17) is 0 Å². The van der Waals surface area contributed by atoms with Gasteiger partial charge in [-0.2, -0.15) is 0 Å². The van der Waals surface area contributed by atoms with Crippen molar-refractivity contribution in [2.24, 2.45) is 11.8 Å². The summed E-state index contributed by atoms with van der Waals surface area (Å²) in [6, 6.07) is 0. The average molecular weight is 292 g/mol. The first-order valence-electron chi connectivity index (χ1n) is 7.92.